The van der Waals surface area contributed by atoms with E-state index in [1.165, 1.54) is 18.6 Å². The van der Waals surface area contributed by atoms with E-state index < -0.39 is 5.41 Å². The van der Waals surface area contributed by atoms with Crippen molar-refractivity contribution in [3.8, 4) is 0 Å². The zero-order valence-electron chi connectivity index (χ0n) is 14.4. The van der Waals surface area contributed by atoms with Crippen LogP contribution in [-0.2, 0) is 4.79 Å². The fraction of sp³-hybridized carbons (Fsp3) is 0.867. The minimum Gasteiger partial charge on any atom is -0.356 e. The maximum atomic E-state index is 12.0. The second kappa shape index (κ2) is 9.85. The van der Waals surface area contributed by atoms with Gasteiger partial charge in [0.1, 0.15) is 0 Å². The number of rotatable bonds is 6. The van der Waals surface area contributed by atoms with Gasteiger partial charge in [0.2, 0.25) is 5.91 Å². The fourth-order valence-electron chi connectivity index (χ4n) is 2.25. The van der Waals surface area contributed by atoms with E-state index in [1.54, 1.807) is 7.05 Å². The normalized spacial score (nSPS) is 22.0. The highest BCUT2D eigenvalue weighted by Crippen LogP contribution is 2.36. The molecule has 22 heavy (non-hydrogen) atoms. The van der Waals surface area contributed by atoms with E-state index in [9.17, 15) is 4.79 Å². The predicted molar refractivity (Wildman–Crippen MR) is 107 cm³/mol. The molecule has 1 aliphatic heterocycles. The number of hydrogen-bond donors (Lipinski definition) is 3. The monoisotopic (exact) mass is 442 g/mol. The Kier molecular flexibility index (Phi) is 9.77. The first-order valence-corrected chi connectivity index (χ1v) is 8.68. The Morgan fingerprint density at radius 2 is 2.00 bits per heavy atom. The summed E-state index contributed by atoms with van der Waals surface area (Å²) in [5.41, 5.74) is -0.459. The summed E-state index contributed by atoms with van der Waals surface area (Å²) in [6, 6.07) is 0. The lowest BCUT2D eigenvalue weighted by Crippen LogP contribution is -2.49. The molecule has 0 spiro atoms. The van der Waals surface area contributed by atoms with Gasteiger partial charge in [0.05, 0.1) is 5.41 Å². The molecular weight excluding hydrogens is 411 g/mol. The van der Waals surface area contributed by atoms with Crippen LogP contribution >= 0.6 is 35.7 Å². The highest BCUT2D eigenvalue weighted by atomic mass is 127. The second-order valence-corrected chi connectivity index (χ2v) is 8.11. The highest BCUT2D eigenvalue weighted by molar-refractivity contribution is 14.0. The van der Waals surface area contributed by atoms with E-state index in [0.29, 0.717) is 17.8 Å². The third-order valence-electron chi connectivity index (χ3n) is 3.80. The molecule has 1 unspecified atom stereocenters. The van der Waals surface area contributed by atoms with E-state index in [2.05, 4.69) is 27.9 Å². The van der Waals surface area contributed by atoms with Gasteiger partial charge in [0.15, 0.2) is 5.96 Å². The number of halogens is 1. The third kappa shape index (κ3) is 6.93. The molecule has 0 aliphatic carbocycles. The van der Waals surface area contributed by atoms with E-state index >= 15 is 0 Å². The third-order valence-corrected chi connectivity index (χ3v) is 5.34. The fourth-order valence-corrected chi connectivity index (χ4v) is 3.50. The summed E-state index contributed by atoms with van der Waals surface area (Å²) in [5, 5.41) is 9.51. The Bertz CT molecular complexity index is 382. The molecule has 0 aromatic heterocycles. The van der Waals surface area contributed by atoms with Gasteiger partial charge in [-0.3, -0.25) is 9.79 Å². The standard InChI is InChI=1S/C15H30N4OS.HI/c1-6-17-12(20)14(2,3)10-18-13(16-5)19-11-15(4)8-7-9-21-15;/h6-11H2,1-5H3,(H,17,20)(H2,16,18,19);1H. The van der Waals surface area contributed by atoms with Crippen molar-refractivity contribution in [1.29, 1.82) is 0 Å². The molecule has 1 amide bonds. The first-order valence-electron chi connectivity index (χ1n) is 7.70. The van der Waals surface area contributed by atoms with Gasteiger partial charge in [-0.05, 0) is 46.3 Å². The molecule has 0 bridgehead atoms. The van der Waals surface area contributed by atoms with Gasteiger partial charge in [-0.2, -0.15) is 11.8 Å². The van der Waals surface area contributed by atoms with Crippen molar-refractivity contribution >= 4 is 47.6 Å². The van der Waals surface area contributed by atoms with Crippen molar-refractivity contribution in [2.75, 3.05) is 32.4 Å². The van der Waals surface area contributed by atoms with Crippen LogP contribution in [0.3, 0.4) is 0 Å². The molecule has 1 rings (SSSR count). The smallest absolute Gasteiger partial charge is 0.227 e. The van der Waals surface area contributed by atoms with Crippen LogP contribution in [0.1, 0.15) is 40.5 Å². The maximum Gasteiger partial charge on any atom is 0.227 e. The molecule has 7 heteroatoms. The molecule has 0 saturated carbocycles. The predicted octanol–water partition coefficient (Wildman–Crippen LogP) is 2.22. The van der Waals surface area contributed by atoms with Crippen LogP contribution in [0, 0.1) is 5.41 Å². The molecule has 0 radical (unpaired) electrons. The van der Waals surface area contributed by atoms with Gasteiger partial charge in [0.25, 0.3) is 0 Å². The van der Waals surface area contributed by atoms with Crippen LogP contribution in [0.25, 0.3) is 0 Å². The lowest BCUT2D eigenvalue weighted by molar-refractivity contribution is -0.128. The number of guanidine groups is 1. The maximum absolute atomic E-state index is 12.0. The molecule has 130 valence electrons. The summed E-state index contributed by atoms with van der Waals surface area (Å²) in [7, 11) is 1.76. The van der Waals surface area contributed by atoms with Gasteiger partial charge < -0.3 is 16.0 Å². The molecular formula is C15H31IN4OS. The zero-order valence-corrected chi connectivity index (χ0v) is 17.6. The lowest BCUT2D eigenvalue weighted by atomic mass is 9.92. The molecule has 1 heterocycles. The van der Waals surface area contributed by atoms with Gasteiger partial charge in [-0.1, -0.05) is 0 Å². The molecule has 1 atom stereocenters. The van der Waals surface area contributed by atoms with E-state index in [0.717, 1.165) is 12.5 Å². The molecule has 0 aromatic carbocycles. The quantitative estimate of drug-likeness (QED) is 0.335. The average molecular weight is 442 g/mol. The van der Waals surface area contributed by atoms with Crippen LogP contribution in [0.15, 0.2) is 4.99 Å². The summed E-state index contributed by atoms with van der Waals surface area (Å²) < 4.78 is 0.298. The van der Waals surface area contributed by atoms with E-state index in [1.807, 2.05) is 32.5 Å². The highest BCUT2D eigenvalue weighted by Gasteiger charge is 2.30. The van der Waals surface area contributed by atoms with Crippen molar-refractivity contribution in [3.05, 3.63) is 0 Å². The summed E-state index contributed by atoms with van der Waals surface area (Å²) >= 11 is 2.02. The summed E-state index contributed by atoms with van der Waals surface area (Å²) in [6.45, 7) is 10.2. The Morgan fingerprint density at radius 1 is 1.32 bits per heavy atom. The Hall–Kier alpha value is -0.180. The number of aliphatic imine (C=N–C) groups is 1. The molecule has 3 N–H and O–H groups in total. The number of nitrogens with one attached hydrogen (secondary N) is 3. The van der Waals surface area contributed by atoms with Gasteiger partial charge in [0, 0.05) is 31.4 Å². The Balaban J connectivity index is 0.00000441. The largest absolute Gasteiger partial charge is 0.356 e. The van der Waals surface area contributed by atoms with Crippen molar-refractivity contribution in [1.82, 2.24) is 16.0 Å². The van der Waals surface area contributed by atoms with Crippen molar-refractivity contribution < 1.29 is 4.79 Å². The molecule has 1 aliphatic rings. The molecule has 1 saturated heterocycles. The lowest BCUT2D eigenvalue weighted by Gasteiger charge is -2.27. The number of hydrogen-bond acceptors (Lipinski definition) is 3. The number of carbonyl (C=O) groups excluding carboxylic acids is 1. The molecule has 0 aromatic rings. The summed E-state index contributed by atoms with van der Waals surface area (Å²) in [6.07, 6.45) is 2.53. The summed E-state index contributed by atoms with van der Waals surface area (Å²) in [4.78, 5) is 16.2. The van der Waals surface area contributed by atoms with E-state index in [-0.39, 0.29) is 29.9 Å². The first-order chi connectivity index (χ1) is 9.83. The van der Waals surface area contributed by atoms with E-state index in [4.69, 9.17) is 0 Å². The Morgan fingerprint density at radius 3 is 2.50 bits per heavy atom. The van der Waals surface area contributed by atoms with Crippen LogP contribution in [0.5, 0.6) is 0 Å². The zero-order chi connectivity index (χ0) is 15.9. The average Bonchev–Trinajstić information content (AvgIpc) is 2.86. The van der Waals surface area contributed by atoms with Crippen molar-refractivity contribution in [2.24, 2.45) is 10.4 Å². The van der Waals surface area contributed by atoms with Crippen LogP contribution in [0.4, 0.5) is 0 Å². The SMILES string of the molecule is CCNC(=O)C(C)(C)CNC(=NC)NCC1(C)CCCS1.I. The van der Waals surface area contributed by atoms with Crippen molar-refractivity contribution in [3.63, 3.8) is 0 Å². The van der Waals surface area contributed by atoms with Gasteiger partial charge in [-0.15, -0.1) is 24.0 Å². The number of thioether (sulfide) groups is 1. The van der Waals surface area contributed by atoms with Crippen LogP contribution in [-0.4, -0.2) is 49.0 Å². The van der Waals surface area contributed by atoms with Crippen LogP contribution < -0.4 is 16.0 Å². The number of carbonyl (C=O) groups is 1. The second-order valence-electron chi connectivity index (χ2n) is 6.42. The van der Waals surface area contributed by atoms with Gasteiger partial charge >= 0.3 is 0 Å². The van der Waals surface area contributed by atoms with Gasteiger partial charge in [-0.25, -0.2) is 0 Å². The minimum absolute atomic E-state index is 0. The number of nitrogens with zero attached hydrogens (tertiary/aromatic N) is 1. The topological polar surface area (TPSA) is 65.5 Å². The number of amides is 1. The molecule has 5 nitrogen and oxygen atoms in total. The van der Waals surface area contributed by atoms with Crippen molar-refractivity contribution in [2.45, 2.75) is 45.3 Å². The van der Waals surface area contributed by atoms with Crippen LogP contribution in [0.2, 0.25) is 0 Å². The Labute approximate surface area is 156 Å². The molecule has 1 fully saturated rings. The minimum atomic E-state index is -0.459. The summed E-state index contributed by atoms with van der Waals surface area (Å²) in [5.74, 6) is 2.07. The first kappa shape index (κ1) is 21.8.